The van der Waals surface area contributed by atoms with Gasteiger partial charge in [0.2, 0.25) is 0 Å². The van der Waals surface area contributed by atoms with Crippen molar-refractivity contribution in [2.45, 2.75) is 65.1 Å². The van der Waals surface area contributed by atoms with Gasteiger partial charge in [0.15, 0.2) is 5.78 Å². The number of ether oxygens (including phenoxy) is 5. The van der Waals surface area contributed by atoms with Crippen molar-refractivity contribution in [2.24, 2.45) is 0 Å². The molecule has 1 heterocycles. The summed E-state index contributed by atoms with van der Waals surface area (Å²) in [4.78, 5) is 17.9. The summed E-state index contributed by atoms with van der Waals surface area (Å²) in [6, 6.07) is 27.2. The van der Waals surface area contributed by atoms with E-state index >= 15 is 0 Å². The first-order chi connectivity index (χ1) is 25.4. The van der Waals surface area contributed by atoms with Crippen molar-refractivity contribution in [3.63, 3.8) is 0 Å². The summed E-state index contributed by atoms with van der Waals surface area (Å²) in [5, 5.41) is 10.7. The summed E-state index contributed by atoms with van der Waals surface area (Å²) in [5.74, 6) is 3.17. The van der Waals surface area contributed by atoms with Gasteiger partial charge in [-0.05, 0) is 81.7 Å². The fourth-order valence-electron chi connectivity index (χ4n) is 6.56. The van der Waals surface area contributed by atoms with Gasteiger partial charge in [-0.3, -0.25) is 14.6 Å². The highest BCUT2D eigenvalue weighted by atomic mass is 16.5. The number of aromatic hydroxyl groups is 1. The van der Waals surface area contributed by atoms with Crippen molar-refractivity contribution in [3.05, 3.63) is 107 Å². The highest BCUT2D eigenvalue weighted by Crippen LogP contribution is 2.42. The quantitative estimate of drug-likeness (QED) is 0.0856. The van der Waals surface area contributed by atoms with E-state index in [1.165, 1.54) is 17.2 Å². The van der Waals surface area contributed by atoms with E-state index in [0.717, 1.165) is 87.8 Å². The number of nitrogens with zero attached hydrogens (tertiary/aromatic N) is 2. The lowest BCUT2D eigenvalue weighted by atomic mass is 9.95. The molecule has 0 bridgehead atoms. The molecule has 0 fully saturated rings. The molecule has 0 amide bonds. The largest absolute Gasteiger partial charge is 0.507 e. The lowest BCUT2D eigenvalue weighted by Gasteiger charge is -2.26. The number of Topliss-reactive ketones (excluding diaryl/α,β-unsaturated/α-hetero) is 1. The molecule has 278 valence electrons. The van der Waals surface area contributed by atoms with Gasteiger partial charge in [-0.1, -0.05) is 62.4 Å². The molecule has 0 aromatic heterocycles. The first-order valence-corrected chi connectivity index (χ1v) is 18.5. The number of carbonyl (C=O) groups is 1. The van der Waals surface area contributed by atoms with Gasteiger partial charge in [0, 0.05) is 36.3 Å². The van der Waals surface area contributed by atoms with Crippen LogP contribution < -0.4 is 23.7 Å². The molecule has 1 atom stereocenters. The lowest BCUT2D eigenvalue weighted by molar-refractivity contribution is 0.0844. The Labute approximate surface area is 309 Å². The molecule has 1 aliphatic heterocycles. The summed E-state index contributed by atoms with van der Waals surface area (Å²) in [7, 11) is 3.42. The van der Waals surface area contributed by atoms with Crippen molar-refractivity contribution in [2.75, 3.05) is 53.6 Å². The van der Waals surface area contributed by atoms with Gasteiger partial charge < -0.3 is 28.8 Å². The number of benzene rings is 4. The lowest BCUT2D eigenvalue weighted by Crippen LogP contribution is -2.24. The van der Waals surface area contributed by atoms with Crippen LogP contribution in [-0.2, 0) is 13.1 Å². The highest BCUT2D eigenvalue weighted by Gasteiger charge is 2.31. The predicted octanol–water partition coefficient (Wildman–Crippen LogP) is 8.48. The molecule has 0 spiro atoms. The van der Waals surface area contributed by atoms with E-state index < -0.39 is 6.10 Å². The van der Waals surface area contributed by atoms with Crippen LogP contribution in [0.5, 0.6) is 34.5 Å². The van der Waals surface area contributed by atoms with E-state index in [2.05, 4.69) is 41.8 Å². The monoisotopic (exact) mass is 710 g/mol. The summed E-state index contributed by atoms with van der Waals surface area (Å²) in [5.41, 5.74) is 3.46. The van der Waals surface area contributed by atoms with Crippen LogP contribution in [0.2, 0.25) is 0 Å². The van der Waals surface area contributed by atoms with Gasteiger partial charge in [0.05, 0.1) is 33.9 Å². The molecule has 9 nitrogen and oxygen atoms in total. The van der Waals surface area contributed by atoms with Crippen LogP contribution in [0, 0.1) is 0 Å². The Morgan fingerprint density at radius 2 is 1.25 bits per heavy atom. The fraction of sp³-hybridized carbons (Fsp3) is 0.419. The van der Waals surface area contributed by atoms with Gasteiger partial charge in [0.1, 0.15) is 46.2 Å². The van der Waals surface area contributed by atoms with Crippen molar-refractivity contribution in [3.8, 4) is 34.5 Å². The van der Waals surface area contributed by atoms with E-state index in [-0.39, 0.29) is 23.5 Å². The molecule has 1 N–H and O–H groups in total. The van der Waals surface area contributed by atoms with Crippen molar-refractivity contribution >= 4 is 5.78 Å². The van der Waals surface area contributed by atoms with Crippen LogP contribution in [0.4, 0.5) is 0 Å². The maximum absolute atomic E-state index is 13.1. The van der Waals surface area contributed by atoms with Crippen molar-refractivity contribution in [1.29, 1.82) is 0 Å². The Morgan fingerprint density at radius 3 is 1.79 bits per heavy atom. The molecule has 0 saturated carbocycles. The van der Waals surface area contributed by atoms with E-state index in [9.17, 15) is 9.90 Å². The van der Waals surface area contributed by atoms with E-state index in [4.69, 9.17) is 23.7 Å². The molecule has 0 saturated heterocycles. The van der Waals surface area contributed by atoms with Gasteiger partial charge in [-0.25, -0.2) is 0 Å². The number of hydrogen-bond acceptors (Lipinski definition) is 9. The summed E-state index contributed by atoms with van der Waals surface area (Å²) < 4.78 is 29.3. The molecule has 0 radical (unpaired) electrons. The van der Waals surface area contributed by atoms with Crippen LogP contribution in [0.25, 0.3) is 0 Å². The molecule has 52 heavy (non-hydrogen) atoms. The topological polar surface area (TPSA) is 89.9 Å². The van der Waals surface area contributed by atoms with Crippen LogP contribution in [0.15, 0.2) is 84.9 Å². The van der Waals surface area contributed by atoms with Crippen LogP contribution >= 0.6 is 0 Å². The Kier molecular flexibility index (Phi) is 14.6. The number of phenolic OH excluding ortho intramolecular Hbond substituents is 1. The number of hydrogen-bond donors (Lipinski definition) is 1. The number of methoxy groups -OCH3 is 2. The minimum absolute atomic E-state index is 0.115. The third-order valence-electron chi connectivity index (χ3n) is 9.57. The second-order valence-electron chi connectivity index (χ2n) is 13.1. The molecule has 1 aliphatic rings. The van der Waals surface area contributed by atoms with Gasteiger partial charge in [-0.2, -0.15) is 0 Å². The zero-order chi connectivity index (χ0) is 36.7. The molecule has 0 aliphatic carbocycles. The van der Waals surface area contributed by atoms with Crippen LogP contribution in [-0.4, -0.2) is 74.3 Å². The molecule has 5 rings (SSSR count). The van der Waals surface area contributed by atoms with Gasteiger partial charge in [-0.15, -0.1) is 0 Å². The predicted molar refractivity (Wildman–Crippen MR) is 204 cm³/mol. The number of rotatable bonds is 21. The SMILES string of the molecule is CCN(CCCCOc1ccc(C2CC(=O)c3c(O)cc(OCCCCN(CC)Cc4ccccc4OC)cc3O2)cc1)Cc1ccccc1OC. The average molecular weight is 711 g/mol. The summed E-state index contributed by atoms with van der Waals surface area (Å²) in [6.45, 7) is 11.0. The minimum atomic E-state index is -0.463. The van der Waals surface area contributed by atoms with Gasteiger partial charge >= 0.3 is 0 Å². The number of phenols is 1. The molecule has 4 aromatic rings. The smallest absolute Gasteiger partial charge is 0.174 e. The van der Waals surface area contributed by atoms with Crippen LogP contribution in [0.1, 0.15) is 79.1 Å². The fourth-order valence-corrected chi connectivity index (χ4v) is 6.56. The number of carbonyl (C=O) groups excluding carboxylic acids is 1. The maximum Gasteiger partial charge on any atom is 0.174 e. The zero-order valence-corrected chi connectivity index (χ0v) is 31.1. The van der Waals surface area contributed by atoms with Crippen molar-refractivity contribution < 1.29 is 33.6 Å². The minimum Gasteiger partial charge on any atom is -0.507 e. The third kappa shape index (κ3) is 10.7. The van der Waals surface area contributed by atoms with E-state index in [0.29, 0.717) is 24.7 Å². The Hall–Kier alpha value is -4.73. The molecule has 9 heteroatoms. The Balaban J connectivity index is 1.06. The highest BCUT2D eigenvalue weighted by molar-refractivity contribution is 6.02. The first kappa shape index (κ1) is 38.5. The Bertz CT molecular complexity index is 1710. The maximum atomic E-state index is 13.1. The molecular formula is C43H54N2O7. The number of fused-ring (bicyclic) bond motifs is 1. The second kappa shape index (κ2) is 19.8. The standard InChI is InChI=1S/C43H54N2O7/c1-5-44(30-33-15-7-9-17-39(33)48-3)23-11-13-25-50-35-21-19-32(20-22-35)41-29-38(47)43-37(46)27-36(28-42(43)52-41)51-26-14-12-24-45(6-2)31-34-16-8-10-18-40(34)49-4/h7-10,15-22,27-28,41,46H,5-6,11-14,23-26,29-31H2,1-4H3. The Morgan fingerprint density at radius 1 is 0.712 bits per heavy atom. The molecular weight excluding hydrogens is 656 g/mol. The van der Waals surface area contributed by atoms with Gasteiger partial charge in [0.25, 0.3) is 0 Å². The number of ketones is 1. The van der Waals surface area contributed by atoms with E-state index in [1.807, 2.05) is 54.6 Å². The zero-order valence-electron chi connectivity index (χ0n) is 31.1. The van der Waals surface area contributed by atoms with E-state index in [1.54, 1.807) is 20.3 Å². The molecule has 4 aromatic carbocycles. The normalized spacial score (nSPS) is 13.9. The third-order valence-corrected chi connectivity index (χ3v) is 9.57. The summed E-state index contributed by atoms with van der Waals surface area (Å²) >= 11 is 0. The first-order valence-electron chi connectivity index (χ1n) is 18.5. The second-order valence-corrected chi connectivity index (χ2v) is 13.1. The number of unbranched alkanes of at least 4 members (excludes halogenated alkanes) is 2. The molecule has 1 unspecified atom stereocenters. The van der Waals surface area contributed by atoms with Crippen molar-refractivity contribution in [1.82, 2.24) is 9.80 Å². The summed E-state index contributed by atoms with van der Waals surface area (Å²) in [6.07, 6.45) is 3.45. The number of para-hydroxylation sites is 2. The van der Waals surface area contributed by atoms with Crippen LogP contribution in [0.3, 0.4) is 0 Å². The average Bonchev–Trinajstić information content (AvgIpc) is 3.16.